The third-order valence-electron chi connectivity index (χ3n) is 2.90. The Kier molecular flexibility index (Phi) is 5.77. The highest BCUT2D eigenvalue weighted by atomic mass is 32.2. The van der Waals surface area contributed by atoms with Crippen molar-refractivity contribution in [1.29, 1.82) is 0 Å². The molecule has 0 nitrogen and oxygen atoms in total. The highest BCUT2D eigenvalue weighted by Crippen LogP contribution is 2.31. The van der Waals surface area contributed by atoms with Gasteiger partial charge in [-0.1, -0.05) is 73.6 Å². The van der Waals surface area contributed by atoms with Gasteiger partial charge in [-0.2, -0.15) is 0 Å². The molecule has 0 unspecified atom stereocenters. The molecule has 0 aromatic heterocycles. The fraction of sp³-hybridized carbons (Fsp3) is 0.222. The van der Waals surface area contributed by atoms with Crippen molar-refractivity contribution in [2.45, 2.75) is 31.1 Å². The molecule has 0 aliphatic heterocycles. The first kappa shape index (κ1) is 14.0. The minimum absolute atomic E-state index is 1.16. The molecular formula is C18H20S. The number of hydrogen-bond acceptors (Lipinski definition) is 1. The predicted molar refractivity (Wildman–Crippen MR) is 86.2 cm³/mol. The van der Waals surface area contributed by atoms with Crippen LogP contribution in [0, 0.1) is 0 Å². The van der Waals surface area contributed by atoms with Gasteiger partial charge in [0.05, 0.1) is 0 Å². The van der Waals surface area contributed by atoms with Crippen molar-refractivity contribution in [2.24, 2.45) is 0 Å². The van der Waals surface area contributed by atoms with Crippen molar-refractivity contribution in [3.63, 3.8) is 0 Å². The largest absolute Gasteiger partial charge is 0.0945 e. The third kappa shape index (κ3) is 4.96. The summed E-state index contributed by atoms with van der Waals surface area (Å²) in [5.41, 5.74) is 1.29. The summed E-state index contributed by atoms with van der Waals surface area (Å²) >= 11 is 1.88. The molecular weight excluding hydrogens is 248 g/mol. The first-order valence-corrected chi connectivity index (χ1v) is 7.68. The summed E-state index contributed by atoms with van der Waals surface area (Å²) in [5.74, 6) is 0. The van der Waals surface area contributed by atoms with E-state index < -0.39 is 0 Å². The Morgan fingerprint density at radius 3 is 2.21 bits per heavy atom. The average molecular weight is 268 g/mol. The van der Waals surface area contributed by atoms with Crippen molar-refractivity contribution in [3.05, 3.63) is 71.1 Å². The number of benzene rings is 2. The highest BCUT2D eigenvalue weighted by Gasteiger charge is 2.01. The van der Waals surface area contributed by atoms with Crippen LogP contribution in [0.4, 0.5) is 0 Å². The van der Waals surface area contributed by atoms with E-state index in [1.807, 2.05) is 11.8 Å². The monoisotopic (exact) mass is 268 g/mol. The van der Waals surface area contributed by atoms with E-state index >= 15 is 0 Å². The summed E-state index contributed by atoms with van der Waals surface area (Å²) in [6, 6.07) is 21.2. The van der Waals surface area contributed by atoms with Crippen LogP contribution in [0.2, 0.25) is 0 Å². The molecule has 0 N–H and O–H groups in total. The standard InChI is InChI=1S/C18H20S/c1-2-3-12-18(15-16-10-6-4-7-11-16)19-17-13-8-5-9-14-17/h4-11,13-15H,2-3,12H2,1H3. The van der Waals surface area contributed by atoms with E-state index in [1.54, 1.807) is 0 Å². The molecule has 0 atom stereocenters. The van der Waals surface area contributed by atoms with E-state index in [1.165, 1.54) is 28.2 Å². The molecule has 0 aliphatic rings. The molecule has 1 heteroatoms. The molecule has 0 fully saturated rings. The van der Waals surface area contributed by atoms with Crippen molar-refractivity contribution in [1.82, 2.24) is 0 Å². The van der Waals surface area contributed by atoms with Gasteiger partial charge in [0.2, 0.25) is 0 Å². The van der Waals surface area contributed by atoms with Gasteiger partial charge in [-0.15, -0.1) is 0 Å². The molecule has 0 radical (unpaired) electrons. The lowest BCUT2D eigenvalue weighted by atomic mass is 10.1. The summed E-state index contributed by atoms with van der Waals surface area (Å²) in [5, 5.41) is 0. The van der Waals surface area contributed by atoms with Crippen LogP contribution in [0.1, 0.15) is 31.7 Å². The van der Waals surface area contributed by atoms with Gasteiger partial charge in [0.25, 0.3) is 0 Å². The summed E-state index contributed by atoms with van der Waals surface area (Å²) in [6.07, 6.45) is 5.96. The van der Waals surface area contributed by atoms with Gasteiger partial charge in [0.1, 0.15) is 0 Å². The molecule has 0 saturated heterocycles. The molecule has 0 amide bonds. The molecule has 2 aromatic carbocycles. The van der Waals surface area contributed by atoms with Crippen molar-refractivity contribution in [2.75, 3.05) is 0 Å². The number of rotatable bonds is 6. The van der Waals surface area contributed by atoms with Crippen LogP contribution in [0.5, 0.6) is 0 Å². The second-order valence-corrected chi connectivity index (χ2v) is 5.74. The molecule has 0 aliphatic carbocycles. The van der Waals surface area contributed by atoms with Gasteiger partial charge >= 0.3 is 0 Å². The lowest BCUT2D eigenvalue weighted by Crippen LogP contribution is -1.81. The van der Waals surface area contributed by atoms with Gasteiger partial charge in [0.15, 0.2) is 0 Å². The molecule has 0 saturated carbocycles. The van der Waals surface area contributed by atoms with Crippen molar-refractivity contribution in [3.8, 4) is 0 Å². The summed E-state index contributed by atoms with van der Waals surface area (Å²) < 4.78 is 0. The van der Waals surface area contributed by atoms with Crippen LogP contribution in [-0.2, 0) is 0 Å². The number of unbranched alkanes of at least 4 members (excludes halogenated alkanes) is 1. The second-order valence-electron chi connectivity index (χ2n) is 4.54. The van der Waals surface area contributed by atoms with Gasteiger partial charge < -0.3 is 0 Å². The van der Waals surface area contributed by atoms with Crippen LogP contribution in [0.15, 0.2) is 70.5 Å². The topological polar surface area (TPSA) is 0 Å². The Hall–Kier alpha value is -1.47. The lowest BCUT2D eigenvalue weighted by molar-refractivity contribution is 0.810. The average Bonchev–Trinajstić information content (AvgIpc) is 2.47. The molecule has 2 aromatic rings. The van der Waals surface area contributed by atoms with E-state index in [4.69, 9.17) is 0 Å². The Labute approximate surface area is 120 Å². The van der Waals surface area contributed by atoms with Crippen LogP contribution in [0.25, 0.3) is 6.08 Å². The molecule has 0 spiro atoms. The smallest absolute Gasteiger partial charge is 0.0119 e. The maximum absolute atomic E-state index is 2.31. The van der Waals surface area contributed by atoms with Gasteiger partial charge in [-0.25, -0.2) is 0 Å². The third-order valence-corrected chi connectivity index (χ3v) is 3.99. The molecule has 0 heterocycles. The zero-order chi connectivity index (χ0) is 13.3. The predicted octanol–water partition coefficient (Wildman–Crippen LogP) is 6.01. The fourth-order valence-electron chi connectivity index (χ4n) is 1.88. The zero-order valence-electron chi connectivity index (χ0n) is 11.4. The Bertz CT molecular complexity index is 500. The van der Waals surface area contributed by atoms with Crippen molar-refractivity contribution < 1.29 is 0 Å². The Morgan fingerprint density at radius 2 is 1.58 bits per heavy atom. The zero-order valence-corrected chi connectivity index (χ0v) is 12.2. The van der Waals surface area contributed by atoms with E-state index in [2.05, 4.69) is 73.7 Å². The number of thioether (sulfide) groups is 1. The summed E-state index contributed by atoms with van der Waals surface area (Å²) in [4.78, 5) is 2.76. The first-order valence-electron chi connectivity index (χ1n) is 6.87. The molecule has 2 rings (SSSR count). The van der Waals surface area contributed by atoms with Gasteiger partial charge in [-0.3, -0.25) is 0 Å². The molecule has 19 heavy (non-hydrogen) atoms. The van der Waals surface area contributed by atoms with Crippen LogP contribution < -0.4 is 0 Å². The Balaban J connectivity index is 2.14. The van der Waals surface area contributed by atoms with Gasteiger partial charge in [0, 0.05) is 4.90 Å². The van der Waals surface area contributed by atoms with Crippen LogP contribution >= 0.6 is 11.8 Å². The van der Waals surface area contributed by atoms with Crippen molar-refractivity contribution >= 4 is 17.8 Å². The fourth-order valence-corrected chi connectivity index (χ4v) is 2.92. The quantitative estimate of drug-likeness (QED) is 0.578. The normalized spacial score (nSPS) is 11.5. The highest BCUT2D eigenvalue weighted by molar-refractivity contribution is 8.03. The second kappa shape index (κ2) is 7.85. The van der Waals surface area contributed by atoms with Gasteiger partial charge in [-0.05, 0) is 41.5 Å². The van der Waals surface area contributed by atoms with E-state index in [0.717, 1.165) is 6.42 Å². The summed E-state index contributed by atoms with van der Waals surface area (Å²) in [6.45, 7) is 2.24. The van der Waals surface area contributed by atoms with Crippen LogP contribution in [-0.4, -0.2) is 0 Å². The van der Waals surface area contributed by atoms with E-state index in [-0.39, 0.29) is 0 Å². The minimum Gasteiger partial charge on any atom is -0.0945 e. The maximum atomic E-state index is 2.31. The minimum atomic E-state index is 1.16. The number of allylic oxidation sites excluding steroid dienone is 1. The SMILES string of the molecule is CCCCC(=Cc1ccccc1)Sc1ccccc1. The number of hydrogen-bond donors (Lipinski definition) is 0. The van der Waals surface area contributed by atoms with Crippen LogP contribution in [0.3, 0.4) is 0 Å². The summed E-state index contributed by atoms with van der Waals surface area (Å²) in [7, 11) is 0. The maximum Gasteiger partial charge on any atom is 0.0119 e. The van der Waals surface area contributed by atoms with E-state index in [9.17, 15) is 0 Å². The van der Waals surface area contributed by atoms with E-state index in [0.29, 0.717) is 0 Å². The first-order chi connectivity index (χ1) is 9.38. The molecule has 0 bridgehead atoms. The lowest BCUT2D eigenvalue weighted by Gasteiger charge is -2.07. The molecule has 98 valence electrons. The Morgan fingerprint density at radius 1 is 0.947 bits per heavy atom.